The first kappa shape index (κ1) is 15.1. The Labute approximate surface area is 123 Å². The van der Waals surface area contributed by atoms with Gasteiger partial charge in [-0.1, -0.05) is 17.7 Å². The fraction of sp³-hybridized carbons (Fsp3) is 0.500. The van der Waals surface area contributed by atoms with E-state index in [1.807, 2.05) is 6.07 Å². The number of methoxy groups -OCH3 is 1. The van der Waals surface area contributed by atoms with Crippen LogP contribution in [0.15, 0.2) is 18.2 Å². The Morgan fingerprint density at radius 3 is 3.20 bits per heavy atom. The molecule has 0 spiro atoms. The maximum absolute atomic E-state index is 12.0. The summed E-state index contributed by atoms with van der Waals surface area (Å²) in [5.41, 5.74) is 6.67. The normalized spacial score (nSPS) is 19.4. The van der Waals surface area contributed by atoms with Gasteiger partial charge in [0.05, 0.1) is 19.3 Å². The number of hydrogen-bond donors (Lipinski definition) is 2. The van der Waals surface area contributed by atoms with E-state index < -0.39 is 6.04 Å². The van der Waals surface area contributed by atoms with Crippen molar-refractivity contribution in [3.05, 3.63) is 28.8 Å². The molecule has 0 radical (unpaired) electrons. The third kappa shape index (κ3) is 3.62. The van der Waals surface area contributed by atoms with Gasteiger partial charge in [0, 0.05) is 17.7 Å². The van der Waals surface area contributed by atoms with Gasteiger partial charge in [-0.05, 0) is 25.0 Å². The number of fused-ring (bicyclic) bond motifs is 1. The average molecular weight is 299 g/mol. The molecule has 0 saturated heterocycles. The molecule has 5 nitrogen and oxygen atoms in total. The second-order valence-electron chi connectivity index (χ2n) is 4.80. The molecule has 1 aromatic rings. The fourth-order valence-electron chi connectivity index (χ4n) is 2.23. The number of carbonyl (C=O) groups excluding carboxylic acids is 1. The molecule has 1 amide bonds. The van der Waals surface area contributed by atoms with Crippen molar-refractivity contribution in [1.29, 1.82) is 0 Å². The predicted molar refractivity (Wildman–Crippen MR) is 76.9 cm³/mol. The quantitative estimate of drug-likeness (QED) is 0.886. The Balaban J connectivity index is 2.14. The molecule has 6 heteroatoms. The van der Waals surface area contributed by atoms with Crippen LogP contribution in [-0.2, 0) is 9.53 Å². The number of nitrogens with two attached hydrogens (primary N) is 1. The average Bonchev–Trinajstić information content (AvgIpc) is 2.61. The highest BCUT2D eigenvalue weighted by Gasteiger charge is 2.24. The van der Waals surface area contributed by atoms with Crippen LogP contribution in [0, 0.1) is 0 Å². The lowest BCUT2D eigenvalue weighted by atomic mass is 10.0. The first-order valence-corrected chi connectivity index (χ1v) is 6.96. The summed E-state index contributed by atoms with van der Waals surface area (Å²) in [6.07, 6.45) is 1.66. The zero-order chi connectivity index (χ0) is 14.5. The smallest absolute Gasteiger partial charge is 0.239 e. The molecule has 2 rings (SSSR count). The van der Waals surface area contributed by atoms with Crippen molar-refractivity contribution in [2.45, 2.75) is 24.9 Å². The molecule has 1 aliphatic heterocycles. The Hall–Kier alpha value is -1.30. The monoisotopic (exact) mass is 298 g/mol. The van der Waals surface area contributed by atoms with E-state index in [1.165, 1.54) is 7.11 Å². The van der Waals surface area contributed by atoms with Gasteiger partial charge < -0.3 is 20.5 Å². The van der Waals surface area contributed by atoms with Gasteiger partial charge in [-0.3, -0.25) is 4.79 Å². The van der Waals surface area contributed by atoms with Crippen molar-refractivity contribution in [1.82, 2.24) is 5.32 Å². The summed E-state index contributed by atoms with van der Waals surface area (Å²) in [6, 6.07) is 4.68. The molecule has 2 atom stereocenters. The van der Waals surface area contributed by atoms with Crippen LogP contribution in [-0.4, -0.2) is 32.3 Å². The highest BCUT2D eigenvalue weighted by Crippen LogP contribution is 2.33. The number of carbonyl (C=O) groups is 1. The molecule has 0 fully saturated rings. The topological polar surface area (TPSA) is 73.6 Å². The number of ether oxygens (including phenoxy) is 2. The van der Waals surface area contributed by atoms with Crippen LogP contribution in [0.1, 0.15) is 24.4 Å². The van der Waals surface area contributed by atoms with Crippen molar-refractivity contribution in [3.8, 4) is 5.75 Å². The van der Waals surface area contributed by atoms with Crippen molar-refractivity contribution in [2.75, 3.05) is 20.3 Å². The van der Waals surface area contributed by atoms with E-state index in [1.54, 1.807) is 12.1 Å². The molecule has 20 heavy (non-hydrogen) atoms. The van der Waals surface area contributed by atoms with Crippen molar-refractivity contribution in [3.63, 3.8) is 0 Å². The lowest BCUT2D eigenvalue weighted by Gasteiger charge is -2.20. The molecule has 0 saturated carbocycles. The molecular weight excluding hydrogens is 280 g/mol. The van der Waals surface area contributed by atoms with Crippen LogP contribution in [0.3, 0.4) is 0 Å². The van der Waals surface area contributed by atoms with Gasteiger partial charge in [0.25, 0.3) is 0 Å². The molecule has 0 aliphatic carbocycles. The summed E-state index contributed by atoms with van der Waals surface area (Å²) in [4.78, 5) is 12.0. The van der Waals surface area contributed by atoms with Gasteiger partial charge in [0.15, 0.2) is 0 Å². The first-order chi connectivity index (χ1) is 9.61. The van der Waals surface area contributed by atoms with Gasteiger partial charge in [0.2, 0.25) is 5.91 Å². The number of rotatable bonds is 4. The van der Waals surface area contributed by atoms with Crippen molar-refractivity contribution < 1.29 is 14.3 Å². The summed E-state index contributed by atoms with van der Waals surface area (Å²) < 4.78 is 10.6. The Morgan fingerprint density at radius 2 is 2.45 bits per heavy atom. The van der Waals surface area contributed by atoms with Crippen LogP contribution in [0.4, 0.5) is 0 Å². The van der Waals surface area contributed by atoms with Crippen LogP contribution in [0.25, 0.3) is 0 Å². The molecule has 1 heterocycles. The van der Waals surface area contributed by atoms with Gasteiger partial charge in [-0.25, -0.2) is 0 Å². The second kappa shape index (κ2) is 6.92. The number of benzene rings is 1. The number of halogens is 1. The van der Waals surface area contributed by atoms with Crippen LogP contribution in [0.5, 0.6) is 5.75 Å². The standard InChI is InChI=1S/C14H19ClN2O3/c1-19-8-11(16)14(18)17-12-3-2-6-20-13-7-9(15)4-5-10(12)13/h4-5,7,11-12H,2-3,6,8,16H2,1H3,(H,17,18). The zero-order valence-corrected chi connectivity index (χ0v) is 12.2. The Morgan fingerprint density at radius 1 is 1.65 bits per heavy atom. The zero-order valence-electron chi connectivity index (χ0n) is 11.4. The minimum Gasteiger partial charge on any atom is -0.493 e. The third-order valence-electron chi connectivity index (χ3n) is 3.25. The summed E-state index contributed by atoms with van der Waals surface area (Å²) in [5, 5.41) is 3.57. The predicted octanol–water partition coefficient (Wildman–Crippen LogP) is 1.64. The number of nitrogens with one attached hydrogen (secondary N) is 1. The second-order valence-corrected chi connectivity index (χ2v) is 5.23. The van der Waals surface area contributed by atoms with Crippen molar-refractivity contribution in [2.24, 2.45) is 5.73 Å². The molecule has 2 unspecified atom stereocenters. The van der Waals surface area contributed by atoms with Gasteiger partial charge in [-0.15, -0.1) is 0 Å². The molecule has 1 aromatic carbocycles. The highest BCUT2D eigenvalue weighted by atomic mass is 35.5. The van der Waals surface area contributed by atoms with E-state index in [9.17, 15) is 4.79 Å². The van der Waals surface area contributed by atoms with E-state index in [-0.39, 0.29) is 18.6 Å². The van der Waals surface area contributed by atoms with E-state index in [2.05, 4.69) is 5.32 Å². The SMILES string of the molecule is COCC(N)C(=O)NC1CCCOc2cc(Cl)ccc21. The molecule has 0 aromatic heterocycles. The summed E-state index contributed by atoms with van der Waals surface area (Å²) >= 11 is 5.97. The third-order valence-corrected chi connectivity index (χ3v) is 3.48. The number of hydrogen-bond acceptors (Lipinski definition) is 4. The largest absolute Gasteiger partial charge is 0.493 e. The Bertz CT molecular complexity index is 481. The van der Waals surface area contributed by atoms with Crippen molar-refractivity contribution >= 4 is 17.5 Å². The van der Waals surface area contributed by atoms with E-state index in [4.69, 9.17) is 26.8 Å². The van der Waals surface area contributed by atoms with Gasteiger partial charge in [0.1, 0.15) is 11.8 Å². The minimum atomic E-state index is -0.667. The maximum atomic E-state index is 12.0. The lowest BCUT2D eigenvalue weighted by molar-refractivity contribution is -0.124. The number of amides is 1. The van der Waals surface area contributed by atoms with Gasteiger partial charge in [-0.2, -0.15) is 0 Å². The lowest BCUT2D eigenvalue weighted by Crippen LogP contribution is -2.44. The minimum absolute atomic E-state index is 0.111. The van der Waals surface area contributed by atoms with Crippen LogP contribution in [0.2, 0.25) is 5.02 Å². The summed E-state index contributed by atoms with van der Waals surface area (Å²) in [5.74, 6) is 0.500. The van der Waals surface area contributed by atoms with Crippen LogP contribution >= 0.6 is 11.6 Å². The van der Waals surface area contributed by atoms with E-state index >= 15 is 0 Å². The molecule has 110 valence electrons. The van der Waals surface area contributed by atoms with E-state index in [0.717, 1.165) is 24.2 Å². The Kier molecular flexibility index (Phi) is 5.23. The maximum Gasteiger partial charge on any atom is 0.239 e. The summed E-state index contributed by atoms with van der Waals surface area (Å²) in [6.45, 7) is 0.812. The molecule has 3 N–H and O–H groups in total. The van der Waals surface area contributed by atoms with Crippen LogP contribution < -0.4 is 15.8 Å². The molecular formula is C14H19ClN2O3. The fourth-order valence-corrected chi connectivity index (χ4v) is 2.39. The van der Waals surface area contributed by atoms with E-state index in [0.29, 0.717) is 11.6 Å². The summed E-state index contributed by atoms with van der Waals surface area (Å²) in [7, 11) is 1.52. The molecule has 1 aliphatic rings. The highest BCUT2D eigenvalue weighted by molar-refractivity contribution is 6.30. The molecule has 0 bridgehead atoms. The first-order valence-electron chi connectivity index (χ1n) is 6.59. The van der Waals surface area contributed by atoms with Gasteiger partial charge >= 0.3 is 0 Å².